The molecule has 1 saturated heterocycles. The molecule has 1 heterocycles. The van der Waals surface area contributed by atoms with Gasteiger partial charge in [-0.2, -0.15) is 11.8 Å². The molecule has 3 N–H and O–H groups in total. The summed E-state index contributed by atoms with van der Waals surface area (Å²) in [6, 6.07) is -0.373. The van der Waals surface area contributed by atoms with Crippen LogP contribution in [0, 0.1) is 5.41 Å². The predicted octanol–water partition coefficient (Wildman–Crippen LogP) is 0.220. The van der Waals surface area contributed by atoms with Crippen molar-refractivity contribution in [3.05, 3.63) is 0 Å². The lowest BCUT2D eigenvalue weighted by atomic mass is 9.88. The van der Waals surface area contributed by atoms with Crippen LogP contribution in [0.3, 0.4) is 0 Å². The highest BCUT2D eigenvalue weighted by Gasteiger charge is 2.33. The van der Waals surface area contributed by atoms with Crippen LogP contribution in [-0.4, -0.2) is 43.7 Å². The summed E-state index contributed by atoms with van der Waals surface area (Å²) in [5.74, 6) is 0.881. The Hall–Kier alpha value is -0.260. The standard InChI is InChI=1S/C10H20N2O2S/c1-10(6-14-7-10)5-12-9(13)8(11)3-4-15-2/h8H,3-7,11H2,1-2H3,(H,12,13)/t8-/m1/s1. The van der Waals surface area contributed by atoms with Crippen LogP contribution >= 0.6 is 11.8 Å². The molecule has 88 valence electrons. The van der Waals surface area contributed by atoms with E-state index in [1.165, 1.54) is 0 Å². The third kappa shape index (κ3) is 4.01. The Bertz CT molecular complexity index is 219. The van der Waals surface area contributed by atoms with E-state index in [-0.39, 0.29) is 17.4 Å². The summed E-state index contributed by atoms with van der Waals surface area (Å²) >= 11 is 1.71. The fourth-order valence-electron chi connectivity index (χ4n) is 1.36. The van der Waals surface area contributed by atoms with Crippen LogP contribution in [0.4, 0.5) is 0 Å². The van der Waals surface area contributed by atoms with Crippen molar-refractivity contribution in [2.45, 2.75) is 19.4 Å². The molecule has 0 unspecified atom stereocenters. The van der Waals surface area contributed by atoms with E-state index >= 15 is 0 Å². The summed E-state index contributed by atoms with van der Waals surface area (Å²) in [5, 5.41) is 2.88. The Labute approximate surface area is 95.3 Å². The van der Waals surface area contributed by atoms with Crippen LogP contribution in [0.2, 0.25) is 0 Å². The Morgan fingerprint density at radius 1 is 1.67 bits per heavy atom. The second-order valence-corrected chi connectivity index (χ2v) is 5.39. The van der Waals surface area contributed by atoms with E-state index in [4.69, 9.17) is 10.5 Å². The average molecular weight is 232 g/mol. The maximum absolute atomic E-state index is 11.5. The van der Waals surface area contributed by atoms with Gasteiger partial charge in [-0.1, -0.05) is 6.92 Å². The topological polar surface area (TPSA) is 64.4 Å². The number of amides is 1. The molecule has 1 aliphatic rings. The summed E-state index contributed by atoms with van der Waals surface area (Å²) in [6.45, 7) is 4.23. The normalized spacial score (nSPS) is 20.5. The summed E-state index contributed by atoms with van der Waals surface area (Å²) in [4.78, 5) is 11.5. The molecule has 0 radical (unpaired) electrons. The minimum absolute atomic E-state index is 0.0443. The molecule has 0 aromatic heterocycles. The lowest BCUT2D eigenvalue weighted by Crippen LogP contribution is -2.51. The molecule has 0 aromatic carbocycles. The van der Waals surface area contributed by atoms with E-state index in [9.17, 15) is 4.79 Å². The van der Waals surface area contributed by atoms with Gasteiger partial charge in [0.1, 0.15) is 0 Å². The first-order chi connectivity index (χ1) is 7.07. The Morgan fingerprint density at radius 2 is 2.33 bits per heavy atom. The predicted molar refractivity (Wildman–Crippen MR) is 62.9 cm³/mol. The first kappa shape index (κ1) is 12.8. The van der Waals surface area contributed by atoms with E-state index in [0.29, 0.717) is 6.54 Å². The van der Waals surface area contributed by atoms with Crippen LogP contribution < -0.4 is 11.1 Å². The lowest BCUT2D eigenvalue weighted by molar-refractivity contribution is -0.127. The zero-order chi connectivity index (χ0) is 11.3. The number of hydrogen-bond acceptors (Lipinski definition) is 4. The van der Waals surface area contributed by atoms with Gasteiger partial charge in [0.15, 0.2) is 0 Å². The molecule has 0 bridgehead atoms. The molecule has 1 rings (SSSR count). The average Bonchev–Trinajstić information content (AvgIpc) is 2.19. The van der Waals surface area contributed by atoms with E-state index in [1.807, 2.05) is 6.26 Å². The number of ether oxygens (including phenoxy) is 1. The maximum Gasteiger partial charge on any atom is 0.236 e. The molecule has 1 amide bonds. The van der Waals surface area contributed by atoms with Gasteiger partial charge in [0.25, 0.3) is 0 Å². The number of hydrogen-bond donors (Lipinski definition) is 2. The first-order valence-electron chi connectivity index (χ1n) is 5.17. The number of nitrogens with one attached hydrogen (secondary N) is 1. The Kier molecular flexibility index (Phi) is 4.89. The van der Waals surface area contributed by atoms with Gasteiger partial charge in [-0.25, -0.2) is 0 Å². The van der Waals surface area contributed by atoms with Gasteiger partial charge in [0.05, 0.1) is 19.3 Å². The molecule has 0 aromatic rings. The molecule has 1 aliphatic heterocycles. The van der Waals surface area contributed by atoms with Gasteiger partial charge in [-0.05, 0) is 18.4 Å². The Morgan fingerprint density at radius 3 is 2.80 bits per heavy atom. The molecule has 0 spiro atoms. The maximum atomic E-state index is 11.5. The SMILES string of the molecule is CSCC[C@@H](N)C(=O)NCC1(C)COC1. The number of carbonyl (C=O) groups excluding carboxylic acids is 1. The smallest absolute Gasteiger partial charge is 0.236 e. The molecule has 0 aliphatic carbocycles. The van der Waals surface area contributed by atoms with Crippen LogP contribution in [0.25, 0.3) is 0 Å². The number of thioether (sulfide) groups is 1. The molecule has 15 heavy (non-hydrogen) atoms. The van der Waals surface area contributed by atoms with Gasteiger partial charge in [-0.15, -0.1) is 0 Å². The first-order valence-corrected chi connectivity index (χ1v) is 6.57. The van der Waals surface area contributed by atoms with Crippen molar-refractivity contribution in [1.82, 2.24) is 5.32 Å². The fourth-order valence-corrected chi connectivity index (χ4v) is 1.85. The molecule has 4 nitrogen and oxygen atoms in total. The van der Waals surface area contributed by atoms with E-state index in [1.54, 1.807) is 11.8 Å². The summed E-state index contributed by atoms with van der Waals surface area (Å²) in [6.07, 6.45) is 2.75. The summed E-state index contributed by atoms with van der Waals surface area (Å²) in [7, 11) is 0. The van der Waals surface area contributed by atoms with Gasteiger partial charge in [0.2, 0.25) is 5.91 Å². The molecule has 1 fully saturated rings. The molecule has 5 heteroatoms. The fraction of sp³-hybridized carbons (Fsp3) is 0.900. The number of carbonyl (C=O) groups is 1. The van der Waals surface area contributed by atoms with Crippen LogP contribution in [0.5, 0.6) is 0 Å². The largest absolute Gasteiger partial charge is 0.380 e. The minimum atomic E-state index is -0.373. The quantitative estimate of drug-likeness (QED) is 0.687. The molecular weight excluding hydrogens is 212 g/mol. The van der Waals surface area contributed by atoms with Crippen molar-refractivity contribution < 1.29 is 9.53 Å². The zero-order valence-corrected chi connectivity index (χ0v) is 10.2. The third-order valence-corrected chi connectivity index (χ3v) is 3.20. The van der Waals surface area contributed by atoms with Crippen LogP contribution in [0.1, 0.15) is 13.3 Å². The zero-order valence-electron chi connectivity index (χ0n) is 9.41. The van der Waals surface area contributed by atoms with Crippen molar-refractivity contribution in [2.75, 3.05) is 31.8 Å². The number of rotatable bonds is 6. The van der Waals surface area contributed by atoms with Crippen molar-refractivity contribution in [2.24, 2.45) is 11.1 Å². The van der Waals surface area contributed by atoms with E-state index in [0.717, 1.165) is 25.4 Å². The van der Waals surface area contributed by atoms with Crippen LogP contribution in [0.15, 0.2) is 0 Å². The second-order valence-electron chi connectivity index (χ2n) is 4.41. The highest BCUT2D eigenvalue weighted by atomic mass is 32.2. The van der Waals surface area contributed by atoms with E-state index in [2.05, 4.69) is 12.2 Å². The number of nitrogens with two attached hydrogens (primary N) is 1. The lowest BCUT2D eigenvalue weighted by Gasteiger charge is -2.38. The molecular formula is C10H20N2O2S. The van der Waals surface area contributed by atoms with Crippen LogP contribution in [-0.2, 0) is 9.53 Å². The van der Waals surface area contributed by atoms with Gasteiger partial charge in [0, 0.05) is 12.0 Å². The highest BCUT2D eigenvalue weighted by molar-refractivity contribution is 7.98. The summed E-state index contributed by atoms with van der Waals surface area (Å²) < 4.78 is 5.11. The molecule has 1 atom stereocenters. The van der Waals surface area contributed by atoms with Gasteiger partial charge >= 0.3 is 0 Å². The third-order valence-electron chi connectivity index (χ3n) is 2.56. The van der Waals surface area contributed by atoms with Gasteiger partial charge < -0.3 is 15.8 Å². The van der Waals surface area contributed by atoms with Gasteiger partial charge in [-0.3, -0.25) is 4.79 Å². The second kappa shape index (κ2) is 5.72. The Balaban J connectivity index is 2.17. The van der Waals surface area contributed by atoms with E-state index < -0.39 is 0 Å². The summed E-state index contributed by atoms with van der Waals surface area (Å²) in [5.41, 5.74) is 5.86. The van der Waals surface area contributed by atoms with Crippen molar-refractivity contribution in [3.63, 3.8) is 0 Å². The highest BCUT2D eigenvalue weighted by Crippen LogP contribution is 2.24. The molecule has 0 saturated carbocycles. The minimum Gasteiger partial charge on any atom is -0.380 e. The monoisotopic (exact) mass is 232 g/mol. The van der Waals surface area contributed by atoms with Crippen molar-refractivity contribution >= 4 is 17.7 Å². The van der Waals surface area contributed by atoms with Crippen molar-refractivity contribution in [3.8, 4) is 0 Å². The van der Waals surface area contributed by atoms with Crippen molar-refractivity contribution in [1.29, 1.82) is 0 Å².